The second-order valence-electron chi connectivity index (χ2n) is 8.72. The Labute approximate surface area is 209 Å². The van der Waals surface area contributed by atoms with Gasteiger partial charge >= 0.3 is 0 Å². The van der Waals surface area contributed by atoms with Gasteiger partial charge in [-0.15, -0.1) is 0 Å². The highest BCUT2D eigenvalue weighted by atomic mass is 35.5. The fourth-order valence-electron chi connectivity index (χ4n) is 3.74. The molecule has 2 saturated carbocycles. The molecule has 0 aromatic heterocycles. The molecule has 1 N–H and O–H groups in total. The molecule has 0 heterocycles. The second-order valence-corrected chi connectivity index (χ2v) is 10.6. The van der Waals surface area contributed by atoms with Crippen LogP contribution < -0.4 is 9.46 Å². The summed E-state index contributed by atoms with van der Waals surface area (Å²) in [6, 6.07) is 8.58. The van der Waals surface area contributed by atoms with Gasteiger partial charge in [-0.1, -0.05) is 36.2 Å². The van der Waals surface area contributed by atoms with Crippen LogP contribution in [-0.4, -0.2) is 35.8 Å². The molecule has 4 nitrogen and oxygen atoms in total. The van der Waals surface area contributed by atoms with Gasteiger partial charge in [0.25, 0.3) is 5.91 Å². The van der Waals surface area contributed by atoms with Crippen LogP contribution in [0, 0.1) is 5.82 Å². The summed E-state index contributed by atoms with van der Waals surface area (Å²) in [6.07, 6.45) is 5.25. The molecule has 0 bridgehead atoms. The molecule has 1 amide bonds. The Bertz CT molecular complexity index is 978. The highest BCUT2D eigenvalue weighted by Gasteiger charge is 2.30. The van der Waals surface area contributed by atoms with Gasteiger partial charge in [0.1, 0.15) is 18.2 Å². The molecular weight excluding hydrogens is 482 g/mol. The molecule has 0 unspecified atom stereocenters. The summed E-state index contributed by atoms with van der Waals surface area (Å²) in [5, 5.41) is 1.77. The Morgan fingerprint density at radius 1 is 1.18 bits per heavy atom. The second kappa shape index (κ2) is 11.3. The van der Waals surface area contributed by atoms with E-state index in [0.29, 0.717) is 46.7 Å². The lowest BCUT2D eigenvalue weighted by atomic mass is 10.0. The predicted octanol–water partition coefficient (Wildman–Crippen LogP) is 6.84. The fraction of sp³-hybridized carbons (Fsp3) is 0.480. The SMILES string of the molecule is CCCN(CCOc1cc(F)c(C(=O)NSC2CC2)cc1C1CC1)Cc1c(Cl)cccc1Cl. The van der Waals surface area contributed by atoms with Crippen molar-refractivity contribution in [3.05, 3.63) is 62.9 Å². The standard InChI is InChI=1S/C25H29Cl2FN2O2S/c1-2-10-30(15-20-21(26)4-3-5-22(20)27)11-12-32-24-14-23(28)19(13-18(24)16-6-7-16)25(31)29-33-17-8-9-17/h3-5,13-14,16-17H,2,6-12,15H2,1H3,(H,29,31). The number of carbonyl (C=O) groups is 1. The van der Waals surface area contributed by atoms with Gasteiger partial charge < -0.3 is 4.74 Å². The van der Waals surface area contributed by atoms with Gasteiger partial charge in [-0.25, -0.2) is 4.39 Å². The van der Waals surface area contributed by atoms with E-state index >= 15 is 0 Å². The normalized spacial score (nSPS) is 15.7. The Hall–Kier alpha value is -1.47. The van der Waals surface area contributed by atoms with E-state index in [2.05, 4.69) is 16.5 Å². The van der Waals surface area contributed by atoms with E-state index in [1.807, 2.05) is 18.2 Å². The van der Waals surface area contributed by atoms with Crippen molar-refractivity contribution in [2.75, 3.05) is 19.7 Å². The van der Waals surface area contributed by atoms with Crippen molar-refractivity contribution in [1.82, 2.24) is 9.62 Å². The van der Waals surface area contributed by atoms with Gasteiger partial charge in [-0.2, -0.15) is 0 Å². The highest BCUT2D eigenvalue weighted by molar-refractivity contribution is 7.98. The summed E-state index contributed by atoms with van der Waals surface area (Å²) >= 11 is 14.1. The van der Waals surface area contributed by atoms with Gasteiger partial charge in [0.05, 0.1) is 5.56 Å². The van der Waals surface area contributed by atoms with Gasteiger partial charge in [-0.05, 0) is 80.3 Å². The summed E-state index contributed by atoms with van der Waals surface area (Å²) in [7, 11) is 0. The molecule has 0 spiro atoms. The van der Waals surface area contributed by atoms with Crippen LogP contribution in [0.25, 0.3) is 0 Å². The van der Waals surface area contributed by atoms with Crippen LogP contribution >= 0.6 is 35.1 Å². The van der Waals surface area contributed by atoms with E-state index in [1.54, 1.807) is 6.07 Å². The van der Waals surface area contributed by atoms with E-state index in [4.69, 9.17) is 27.9 Å². The number of benzene rings is 2. The molecule has 0 atom stereocenters. The third-order valence-electron chi connectivity index (χ3n) is 5.85. The van der Waals surface area contributed by atoms with Gasteiger partial charge in [-0.3, -0.25) is 14.4 Å². The van der Waals surface area contributed by atoms with E-state index in [1.165, 1.54) is 18.0 Å². The molecule has 2 aromatic rings. The molecule has 0 saturated heterocycles. The van der Waals surface area contributed by atoms with Crippen LogP contribution in [-0.2, 0) is 6.54 Å². The van der Waals surface area contributed by atoms with Crippen LogP contribution in [0.15, 0.2) is 30.3 Å². The largest absolute Gasteiger partial charge is 0.492 e. The molecule has 178 valence electrons. The molecule has 2 fully saturated rings. The first-order valence-corrected chi connectivity index (χ1v) is 13.2. The van der Waals surface area contributed by atoms with Crippen molar-refractivity contribution >= 4 is 41.1 Å². The Morgan fingerprint density at radius 2 is 1.91 bits per heavy atom. The Balaban J connectivity index is 1.41. The maximum Gasteiger partial charge on any atom is 0.264 e. The molecule has 2 aliphatic rings. The first-order valence-electron chi connectivity index (χ1n) is 11.5. The van der Waals surface area contributed by atoms with Crippen LogP contribution in [0.5, 0.6) is 5.75 Å². The number of nitrogens with one attached hydrogen (secondary N) is 1. The topological polar surface area (TPSA) is 41.6 Å². The number of halogens is 3. The Morgan fingerprint density at radius 3 is 2.55 bits per heavy atom. The quantitative estimate of drug-likeness (QED) is 0.317. The van der Waals surface area contributed by atoms with E-state index in [-0.39, 0.29) is 11.5 Å². The van der Waals surface area contributed by atoms with E-state index in [0.717, 1.165) is 49.8 Å². The maximum absolute atomic E-state index is 14.8. The number of nitrogens with zero attached hydrogens (tertiary/aromatic N) is 1. The molecular formula is C25H29Cl2FN2O2S. The molecule has 0 radical (unpaired) electrons. The molecule has 0 aliphatic heterocycles. The summed E-state index contributed by atoms with van der Waals surface area (Å²) in [5.74, 6) is -0.0503. The van der Waals surface area contributed by atoms with Crippen molar-refractivity contribution in [3.8, 4) is 5.75 Å². The van der Waals surface area contributed by atoms with Crippen molar-refractivity contribution in [2.45, 2.75) is 56.7 Å². The highest BCUT2D eigenvalue weighted by Crippen LogP contribution is 2.45. The van der Waals surface area contributed by atoms with Crippen molar-refractivity contribution in [1.29, 1.82) is 0 Å². The monoisotopic (exact) mass is 510 g/mol. The number of ether oxygens (including phenoxy) is 1. The predicted molar refractivity (Wildman–Crippen MR) is 134 cm³/mol. The van der Waals surface area contributed by atoms with Crippen molar-refractivity contribution in [2.24, 2.45) is 0 Å². The summed E-state index contributed by atoms with van der Waals surface area (Å²) in [6.45, 7) is 4.67. The molecule has 33 heavy (non-hydrogen) atoms. The van der Waals surface area contributed by atoms with Gasteiger partial charge in [0, 0.05) is 40.0 Å². The summed E-state index contributed by atoms with van der Waals surface area (Å²) in [4.78, 5) is 14.7. The van der Waals surface area contributed by atoms with Crippen LogP contribution in [0.4, 0.5) is 4.39 Å². The number of rotatable bonds is 12. The number of hydrogen-bond donors (Lipinski definition) is 1. The first-order chi connectivity index (χ1) is 16.0. The molecule has 8 heteroatoms. The lowest BCUT2D eigenvalue weighted by Crippen LogP contribution is -2.29. The van der Waals surface area contributed by atoms with Crippen LogP contribution in [0.3, 0.4) is 0 Å². The first kappa shape index (κ1) is 24.6. The third-order valence-corrected chi connectivity index (χ3v) is 7.67. The van der Waals surface area contributed by atoms with Gasteiger partial charge in [0.2, 0.25) is 0 Å². The van der Waals surface area contributed by atoms with Crippen molar-refractivity contribution < 1.29 is 13.9 Å². The van der Waals surface area contributed by atoms with Crippen molar-refractivity contribution in [3.63, 3.8) is 0 Å². The van der Waals surface area contributed by atoms with E-state index in [9.17, 15) is 9.18 Å². The minimum Gasteiger partial charge on any atom is -0.492 e. The third kappa shape index (κ3) is 6.78. The number of hydrogen-bond acceptors (Lipinski definition) is 4. The Kier molecular flexibility index (Phi) is 8.44. The zero-order valence-corrected chi connectivity index (χ0v) is 21.0. The lowest BCUT2D eigenvalue weighted by Gasteiger charge is -2.23. The van der Waals surface area contributed by atoms with Crippen LogP contribution in [0.1, 0.15) is 66.4 Å². The smallest absolute Gasteiger partial charge is 0.264 e. The fourth-order valence-corrected chi connectivity index (χ4v) is 5.01. The van der Waals surface area contributed by atoms with Gasteiger partial charge in [0.15, 0.2) is 0 Å². The zero-order chi connectivity index (χ0) is 23.4. The molecule has 4 rings (SSSR count). The lowest BCUT2D eigenvalue weighted by molar-refractivity contribution is 0.0980. The molecule has 2 aliphatic carbocycles. The minimum absolute atomic E-state index is 0.0957. The summed E-state index contributed by atoms with van der Waals surface area (Å²) in [5.41, 5.74) is 1.92. The average molecular weight is 511 g/mol. The number of amides is 1. The number of carbonyl (C=O) groups excluding carboxylic acids is 1. The summed E-state index contributed by atoms with van der Waals surface area (Å²) < 4.78 is 23.6. The van der Waals surface area contributed by atoms with Crippen LogP contribution in [0.2, 0.25) is 10.0 Å². The minimum atomic E-state index is -0.545. The average Bonchev–Trinajstić information content (AvgIpc) is 3.69. The van der Waals surface area contributed by atoms with E-state index < -0.39 is 5.82 Å². The molecule has 2 aromatic carbocycles. The zero-order valence-electron chi connectivity index (χ0n) is 18.7. The maximum atomic E-state index is 14.8.